The number of nitrogens with one attached hydrogen (secondary N) is 1. The molecule has 0 aromatic carbocycles. The second-order valence-corrected chi connectivity index (χ2v) is 4.39. The van der Waals surface area contributed by atoms with Crippen LogP contribution >= 0.6 is 0 Å². The van der Waals surface area contributed by atoms with Crippen molar-refractivity contribution >= 4 is 0 Å². The molecule has 0 atom stereocenters. The summed E-state index contributed by atoms with van der Waals surface area (Å²) in [5, 5.41) is 3.38. The Hall–Kier alpha value is -0.160. The van der Waals surface area contributed by atoms with Crippen molar-refractivity contribution in [1.82, 2.24) is 5.32 Å². The zero-order valence-corrected chi connectivity index (χ0v) is 11.7. The van der Waals surface area contributed by atoms with Crippen molar-refractivity contribution in [1.29, 1.82) is 0 Å². The monoisotopic (exact) mass is 247 g/mol. The maximum absolute atomic E-state index is 5.46. The minimum Gasteiger partial charge on any atom is -0.385 e. The van der Waals surface area contributed by atoms with Gasteiger partial charge in [-0.1, -0.05) is 13.8 Å². The van der Waals surface area contributed by atoms with Gasteiger partial charge in [-0.15, -0.1) is 0 Å². The zero-order valence-electron chi connectivity index (χ0n) is 11.7. The van der Waals surface area contributed by atoms with Crippen LogP contribution in [0.25, 0.3) is 0 Å². The highest BCUT2D eigenvalue weighted by molar-refractivity contribution is 4.52. The molecule has 17 heavy (non-hydrogen) atoms. The molecule has 4 heteroatoms. The summed E-state index contributed by atoms with van der Waals surface area (Å²) >= 11 is 0. The lowest BCUT2D eigenvalue weighted by atomic mass is 10.3. The van der Waals surface area contributed by atoms with Crippen LogP contribution in [0.5, 0.6) is 0 Å². The molecule has 0 spiro atoms. The highest BCUT2D eigenvalue weighted by Crippen LogP contribution is 1.90. The van der Waals surface area contributed by atoms with Gasteiger partial charge in [0.15, 0.2) is 0 Å². The largest absolute Gasteiger partial charge is 0.385 e. The van der Waals surface area contributed by atoms with Gasteiger partial charge >= 0.3 is 0 Å². The van der Waals surface area contributed by atoms with Crippen molar-refractivity contribution in [3.05, 3.63) is 0 Å². The van der Waals surface area contributed by atoms with Gasteiger partial charge in [-0.2, -0.15) is 0 Å². The average molecular weight is 247 g/mol. The van der Waals surface area contributed by atoms with Gasteiger partial charge in [-0.25, -0.2) is 0 Å². The second-order valence-electron chi connectivity index (χ2n) is 4.39. The molecule has 0 aliphatic carbocycles. The summed E-state index contributed by atoms with van der Waals surface area (Å²) in [5.74, 6) is 0. The van der Waals surface area contributed by atoms with E-state index in [4.69, 9.17) is 14.2 Å². The summed E-state index contributed by atoms with van der Waals surface area (Å²) in [7, 11) is 1.71. The van der Waals surface area contributed by atoms with Gasteiger partial charge in [0.05, 0.1) is 13.2 Å². The van der Waals surface area contributed by atoms with E-state index in [2.05, 4.69) is 19.2 Å². The van der Waals surface area contributed by atoms with E-state index in [1.807, 2.05) is 0 Å². The van der Waals surface area contributed by atoms with E-state index in [9.17, 15) is 0 Å². The normalized spacial score (nSPS) is 11.3. The highest BCUT2D eigenvalue weighted by atomic mass is 16.5. The van der Waals surface area contributed by atoms with Crippen molar-refractivity contribution in [2.24, 2.45) is 0 Å². The molecule has 0 amide bonds. The Morgan fingerprint density at radius 3 is 2.06 bits per heavy atom. The van der Waals surface area contributed by atoms with E-state index in [0.29, 0.717) is 19.3 Å². The van der Waals surface area contributed by atoms with Crippen molar-refractivity contribution in [2.75, 3.05) is 46.7 Å². The second kappa shape index (κ2) is 13.9. The standard InChI is InChI=1S/C13H29NO3/c1-13(2)14-7-4-5-9-16-11-12-17-10-6-8-15-3/h13-14H,4-12H2,1-3H3. The summed E-state index contributed by atoms with van der Waals surface area (Å²) in [4.78, 5) is 0. The van der Waals surface area contributed by atoms with Gasteiger partial charge in [-0.05, 0) is 25.8 Å². The molecular formula is C13H29NO3. The van der Waals surface area contributed by atoms with E-state index in [0.717, 1.165) is 39.2 Å². The summed E-state index contributed by atoms with van der Waals surface area (Å²) in [6, 6.07) is 0.580. The van der Waals surface area contributed by atoms with Crippen LogP contribution in [0.4, 0.5) is 0 Å². The van der Waals surface area contributed by atoms with Gasteiger partial charge in [0.1, 0.15) is 0 Å². The Morgan fingerprint density at radius 2 is 1.47 bits per heavy atom. The summed E-state index contributed by atoms with van der Waals surface area (Å²) in [5.41, 5.74) is 0. The minimum absolute atomic E-state index is 0.580. The van der Waals surface area contributed by atoms with Crippen LogP contribution in [0.15, 0.2) is 0 Å². The Bertz CT molecular complexity index is 143. The Kier molecular flexibility index (Phi) is 13.8. The molecule has 0 aromatic heterocycles. The molecule has 0 bridgehead atoms. The minimum atomic E-state index is 0.580. The van der Waals surface area contributed by atoms with Gasteiger partial charge in [0.25, 0.3) is 0 Å². The number of hydrogen-bond donors (Lipinski definition) is 1. The molecular weight excluding hydrogens is 218 g/mol. The van der Waals surface area contributed by atoms with Crippen LogP contribution in [0, 0.1) is 0 Å². The molecule has 4 nitrogen and oxygen atoms in total. The first kappa shape index (κ1) is 16.8. The first-order valence-corrected chi connectivity index (χ1v) is 6.65. The first-order chi connectivity index (χ1) is 8.27. The molecule has 1 N–H and O–H groups in total. The van der Waals surface area contributed by atoms with Crippen molar-refractivity contribution in [3.63, 3.8) is 0 Å². The van der Waals surface area contributed by atoms with E-state index in [1.165, 1.54) is 6.42 Å². The van der Waals surface area contributed by atoms with Gasteiger partial charge in [0, 0.05) is 33.0 Å². The van der Waals surface area contributed by atoms with Crippen LogP contribution in [-0.2, 0) is 14.2 Å². The van der Waals surface area contributed by atoms with Crippen LogP contribution in [0.2, 0.25) is 0 Å². The number of rotatable bonds is 13. The fourth-order valence-corrected chi connectivity index (χ4v) is 1.35. The summed E-state index contributed by atoms with van der Waals surface area (Å²) in [6.45, 7) is 9.16. The third-order valence-electron chi connectivity index (χ3n) is 2.28. The topological polar surface area (TPSA) is 39.7 Å². The van der Waals surface area contributed by atoms with E-state index < -0.39 is 0 Å². The van der Waals surface area contributed by atoms with Crippen LogP contribution in [-0.4, -0.2) is 52.7 Å². The summed E-state index contributed by atoms with van der Waals surface area (Å²) < 4.78 is 15.8. The van der Waals surface area contributed by atoms with Crippen LogP contribution in [0.1, 0.15) is 33.1 Å². The number of hydrogen-bond acceptors (Lipinski definition) is 4. The first-order valence-electron chi connectivity index (χ1n) is 6.65. The lowest BCUT2D eigenvalue weighted by Crippen LogP contribution is -2.23. The van der Waals surface area contributed by atoms with E-state index >= 15 is 0 Å². The Labute approximate surface area is 106 Å². The quantitative estimate of drug-likeness (QED) is 0.504. The molecule has 0 heterocycles. The average Bonchev–Trinajstić information content (AvgIpc) is 2.30. The van der Waals surface area contributed by atoms with E-state index in [-0.39, 0.29) is 0 Å². The third-order valence-corrected chi connectivity index (χ3v) is 2.28. The Morgan fingerprint density at radius 1 is 0.824 bits per heavy atom. The predicted octanol–water partition coefficient (Wildman–Crippen LogP) is 1.83. The molecule has 0 aliphatic rings. The zero-order chi connectivity index (χ0) is 12.8. The molecule has 0 fully saturated rings. The number of unbranched alkanes of at least 4 members (excludes halogenated alkanes) is 1. The summed E-state index contributed by atoms with van der Waals surface area (Å²) in [6.07, 6.45) is 3.24. The lowest BCUT2D eigenvalue weighted by Gasteiger charge is -2.08. The van der Waals surface area contributed by atoms with E-state index in [1.54, 1.807) is 7.11 Å². The number of ether oxygens (including phenoxy) is 3. The SMILES string of the molecule is COCCCOCCOCCCCNC(C)C. The fourth-order valence-electron chi connectivity index (χ4n) is 1.35. The molecule has 0 aliphatic heterocycles. The molecule has 0 unspecified atom stereocenters. The van der Waals surface area contributed by atoms with Crippen molar-refractivity contribution in [2.45, 2.75) is 39.2 Å². The van der Waals surface area contributed by atoms with Crippen molar-refractivity contribution < 1.29 is 14.2 Å². The molecule has 0 radical (unpaired) electrons. The molecule has 0 saturated heterocycles. The Balaban J connectivity index is 2.89. The lowest BCUT2D eigenvalue weighted by molar-refractivity contribution is 0.0388. The number of methoxy groups -OCH3 is 1. The predicted molar refractivity (Wildman–Crippen MR) is 70.5 cm³/mol. The van der Waals surface area contributed by atoms with Crippen molar-refractivity contribution in [3.8, 4) is 0 Å². The maximum atomic E-state index is 5.46. The molecule has 0 aromatic rings. The molecule has 0 rings (SSSR count). The third kappa shape index (κ3) is 15.8. The molecule has 0 saturated carbocycles. The van der Waals surface area contributed by atoms with Crippen LogP contribution < -0.4 is 5.32 Å². The van der Waals surface area contributed by atoms with Gasteiger partial charge in [-0.3, -0.25) is 0 Å². The van der Waals surface area contributed by atoms with Gasteiger partial charge < -0.3 is 19.5 Å². The highest BCUT2D eigenvalue weighted by Gasteiger charge is 1.93. The maximum Gasteiger partial charge on any atom is 0.0700 e. The fraction of sp³-hybridized carbons (Fsp3) is 1.00. The van der Waals surface area contributed by atoms with Crippen LogP contribution in [0.3, 0.4) is 0 Å². The van der Waals surface area contributed by atoms with Gasteiger partial charge in [0.2, 0.25) is 0 Å². The molecule has 104 valence electrons. The smallest absolute Gasteiger partial charge is 0.0700 e.